The minimum atomic E-state index is -4.56. The Labute approximate surface area is 197 Å². The van der Waals surface area contributed by atoms with Crippen molar-refractivity contribution in [3.63, 3.8) is 0 Å². The molecule has 0 fully saturated rings. The van der Waals surface area contributed by atoms with E-state index < -0.39 is 27.7 Å². The van der Waals surface area contributed by atoms with Gasteiger partial charge in [-0.15, -0.1) is 0 Å². The summed E-state index contributed by atoms with van der Waals surface area (Å²) in [5, 5.41) is 2.69. The molecular formula is C20H20ClF3N4O3S2. The topological polar surface area (TPSA) is 104 Å². The van der Waals surface area contributed by atoms with Crippen LogP contribution in [0.5, 0.6) is 0 Å². The quantitative estimate of drug-likeness (QED) is 0.271. The van der Waals surface area contributed by atoms with Crippen LogP contribution in [-0.2, 0) is 21.0 Å². The summed E-state index contributed by atoms with van der Waals surface area (Å²) in [5.41, 5.74) is -0.0993. The number of halogens is 4. The van der Waals surface area contributed by atoms with Gasteiger partial charge in [0.1, 0.15) is 0 Å². The number of unbranched alkanes of at least 4 members (excludes halogenated alkanes) is 1. The van der Waals surface area contributed by atoms with Crippen LogP contribution < -0.4 is 10.0 Å². The Morgan fingerprint density at radius 1 is 1.21 bits per heavy atom. The van der Waals surface area contributed by atoms with Crippen molar-refractivity contribution in [2.24, 2.45) is 0 Å². The molecule has 1 heterocycles. The highest BCUT2D eigenvalue weighted by atomic mass is 35.5. The number of nitrogens with zero attached hydrogens (tertiary/aromatic N) is 1. The fourth-order valence-electron chi connectivity index (χ4n) is 2.79. The van der Waals surface area contributed by atoms with E-state index in [9.17, 15) is 26.4 Å². The van der Waals surface area contributed by atoms with Gasteiger partial charge in [0.15, 0.2) is 5.16 Å². The Balaban J connectivity index is 1.66. The third-order valence-electron chi connectivity index (χ3n) is 4.47. The maximum absolute atomic E-state index is 12.9. The Bertz CT molecular complexity index is 1260. The van der Waals surface area contributed by atoms with E-state index in [0.29, 0.717) is 22.7 Å². The number of carbonyl (C=O) groups is 1. The Kier molecular flexibility index (Phi) is 7.93. The fourth-order valence-corrected chi connectivity index (χ4v) is 4.73. The number of imidazole rings is 1. The molecule has 3 N–H and O–H groups in total. The van der Waals surface area contributed by atoms with Crippen LogP contribution in [0.3, 0.4) is 0 Å². The molecule has 0 aliphatic carbocycles. The highest BCUT2D eigenvalue weighted by Gasteiger charge is 2.31. The molecule has 3 aromatic rings. The largest absolute Gasteiger partial charge is 0.416 e. The van der Waals surface area contributed by atoms with E-state index in [1.807, 2.05) is 6.92 Å². The molecule has 0 unspecified atom stereocenters. The lowest BCUT2D eigenvalue weighted by atomic mass is 10.2. The summed E-state index contributed by atoms with van der Waals surface area (Å²) >= 11 is 6.90. The molecule has 0 spiro atoms. The van der Waals surface area contributed by atoms with Gasteiger partial charge in [-0.3, -0.25) is 4.79 Å². The first-order valence-corrected chi connectivity index (χ1v) is 12.6. The van der Waals surface area contributed by atoms with Gasteiger partial charge in [0.05, 0.1) is 38.0 Å². The molecule has 13 heteroatoms. The Hall–Kier alpha value is -2.28. The molecular weight excluding hydrogens is 501 g/mol. The van der Waals surface area contributed by atoms with Crippen LogP contribution in [0.2, 0.25) is 5.02 Å². The maximum Gasteiger partial charge on any atom is 0.416 e. The number of sulfonamides is 1. The number of aromatic amines is 1. The second-order valence-corrected chi connectivity index (χ2v) is 10.1. The Morgan fingerprint density at radius 3 is 2.67 bits per heavy atom. The molecule has 0 radical (unpaired) electrons. The van der Waals surface area contributed by atoms with Gasteiger partial charge in [-0.05, 0) is 42.8 Å². The molecule has 1 aromatic heterocycles. The number of anilines is 1. The number of aromatic nitrogens is 2. The first-order valence-electron chi connectivity index (χ1n) is 9.78. The van der Waals surface area contributed by atoms with E-state index in [4.69, 9.17) is 11.6 Å². The van der Waals surface area contributed by atoms with E-state index >= 15 is 0 Å². The van der Waals surface area contributed by atoms with Crippen molar-refractivity contribution in [2.45, 2.75) is 36.0 Å². The van der Waals surface area contributed by atoms with Crippen LogP contribution in [0, 0.1) is 0 Å². The van der Waals surface area contributed by atoms with Crippen molar-refractivity contribution in [1.82, 2.24) is 14.7 Å². The van der Waals surface area contributed by atoms with Crippen LogP contribution in [0.15, 0.2) is 46.5 Å². The van der Waals surface area contributed by atoms with Crippen molar-refractivity contribution in [3.8, 4) is 0 Å². The number of hydrogen-bond donors (Lipinski definition) is 3. The number of alkyl halides is 3. The van der Waals surface area contributed by atoms with E-state index in [1.54, 1.807) is 6.07 Å². The number of nitrogens with one attached hydrogen (secondary N) is 3. The van der Waals surface area contributed by atoms with E-state index in [0.717, 1.165) is 42.8 Å². The van der Waals surface area contributed by atoms with Gasteiger partial charge in [0, 0.05) is 6.54 Å². The molecule has 0 aliphatic heterocycles. The monoisotopic (exact) mass is 520 g/mol. The summed E-state index contributed by atoms with van der Waals surface area (Å²) in [5.74, 6) is -0.735. The molecule has 178 valence electrons. The van der Waals surface area contributed by atoms with Crippen molar-refractivity contribution < 1.29 is 26.4 Å². The van der Waals surface area contributed by atoms with Gasteiger partial charge in [0.25, 0.3) is 0 Å². The van der Waals surface area contributed by atoms with Gasteiger partial charge >= 0.3 is 6.18 Å². The van der Waals surface area contributed by atoms with Crippen molar-refractivity contribution in [1.29, 1.82) is 0 Å². The van der Waals surface area contributed by atoms with Crippen molar-refractivity contribution >= 4 is 56.0 Å². The highest BCUT2D eigenvalue weighted by molar-refractivity contribution is 7.99. The Morgan fingerprint density at radius 2 is 1.97 bits per heavy atom. The fraction of sp³-hybridized carbons (Fsp3) is 0.300. The number of H-pyrrole nitrogens is 1. The van der Waals surface area contributed by atoms with Crippen LogP contribution in [-0.4, -0.2) is 36.6 Å². The van der Waals surface area contributed by atoms with Crippen LogP contribution in [0.4, 0.5) is 18.9 Å². The zero-order chi connectivity index (χ0) is 24.2. The smallest absolute Gasteiger partial charge is 0.333 e. The molecule has 0 saturated heterocycles. The molecule has 0 bridgehead atoms. The number of carbonyl (C=O) groups excluding carboxylic acids is 1. The number of rotatable bonds is 9. The van der Waals surface area contributed by atoms with Crippen LogP contribution >= 0.6 is 23.4 Å². The summed E-state index contributed by atoms with van der Waals surface area (Å²) in [6, 6.07) is 7.09. The van der Waals surface area contributed by atoms with E-state index in [2.05, 4.69) is 20.0 Å². The molecule has 2 aromatic carbocycles. The molecule has 7 nitrogen and oxygen atoms in total. The predicted octanol–water partition coefficient (Wildman–Crippen LogP) is 5.04. The van der Waals surface area contributed by atoms with Crippen molar-refractivity contribution in [3.05, 3.63) is 47.0 Å². The number of hydrogen-bond acceptors (Lipinski definition) is 5. The summed E-state index contributed by atoms with van der Waals surface area (Å²) in [4.78, 5) is 19.5. The normalized spacial score (nSPS) is 12.3. The van der Waals surface area contributed by atoms with E-state index in [1.165, 1.54) is 12.1 Å². The van der Waals surface area contributed by atoms with Crippen LogP contribution in [0.1, 0.15) is 25.3 Å². The van der Waals surface area contributed by atoms with Crippen LogP contribution in [0.25, 0.3) is 11.0 Å². The zero-order valence-corrected chi connectivity index (χ0v) is 19.7. The van der Waals surface area contributed by atoms with Gasteiger partial charge in [0.2, 0.25) is 15.9 Å². The summed E-state index contributed by atoms with van der Waals surface area (Å²) in [6.07, 6.45) is -2.98. The molecule has 3 rings (SSSR count). The summed E-state index contributed by atoms with van der Waals surface area (Å²) < 4.78 is 65.9. The molecule has 1 amide bonds. The third kappa shape index (κ3) is 6.62. The maximum atomic E-state index is 12.9. The van der Waals surface area contributed by atoms with Gasteiger partial charge in [-0.25, -0.2) is 18.1 Å². The molecule has 0 saturated carbocycles. The van der Waals surface area contributed by atoms with Gasteiger partial charge in [-0.2, -0.15) is 13.2 Å². The number of thioether (sulfide) groups is 1. The van der Waals surface area contributed by atoms with Gasteiger partial charge in [-0.1, -0.05) is 36.7 Å². The SMILES string of the molecule is CCCCNS(=O)(=O)c1ccc2nc(SCC(=O)Nc3cc(C(F)(F)F)ccc3Cl)[nH]c2c1. The lowest BCUT2D eigenvalue weighted by molar-refractivity contribution is -0.137. The molecule has 0 atom stereocenters. The second-order valence-electron chi connectivity index (χ2n) is 7.00. The van der Waals surface area contributed by atoms with E-state index in [-0.39, 0.29) is 21.4 Å². The number of benzene rings is 2. The average Bonchev–Trinajstić information content (AvgIpc) is 3.15. The summed E-state index contributed by atoms with van der Waals surface area (Å²) in [7, 11) is -3.65. The lowest BCUT2D eigenvalue weighted by Gasteiger charge is -2.11. The highest BCUT2D eigenvalue weighted by Crippen LogP contribution is 2.34. The molecule has 33 heavy (non-hydrogen) atoms. The number of amides is 1. The average molecular weight is 521 g/mol. The number of fused-ring (bicyclic) bond motifs is 1. The predicted molar refractivity (Wildman–Crippen MR) is 122 cm³/mol. The first-order chi connectivity index (χ1) is 15.5. The summed E-state index contributed by atoms with van der Waals surface area (Å²) in [6.45, 7) is 2.30. The standard InChI is InChI=1S/C20H20ClF3N4O3S2/c1-2-3-8-25-33(30,31)13-5-7-15-17(10-13)28-19(27-15)32-11-18(29)26-16-9-12(20(22,23)24)4-6-14(16)21/h4-7,9-10,25H,2-3,8,11H2,1H3,(H,26,29)(H,27,28). The zero-order valence-electron chi connectivity index (χ0n) is 17.3. The van der Waals surface area contributed by atoms with Gasteiger partial charge < -0.3 is 10.3 Å². The minimum absolute atomic E-state index is 0.0219. The third-order valence-corrected chi connectivity index (χ3v) is 7.13. The minimum Gasteiger partial charge on any atom is -0.333 e. The van der Waals surface area contributed by atoms with Crippen molar-refractivity contribution in [2.75, 3.05) is 17.6 Å². The molecule has 0 aliphatic rings. The first kappa shape index (κ1) is 25.3. The lowest BCUT2D eigenvalue weighted by Crippen LogP contribution is -2.24. The second kappa shape index (κ2) is 10.3.